The maximum Gasteiger partial charge on any atom is 0.230 e. The molecule has 0 radical (unpaired) electrons. The Labute approximate surface area is 119 Å². The number of carbonyl (C=O) groups excluding carboxylic acids is 2. The lowest BCUT2D eigenvalue weighted by Gasteiger charge is -2.13. The van der Waals surface area contributed by atoms with E-state index in [1.165, 1.54) is 11.3 Å². The first-order chi connectivity index (χ1) is 9.06. The molecule has 1 fully saturated rings. The molecular formula is C12H12ClN3O2S. The Hall–Kier alpha value is -1.58. The maximum absolute atomic E-state index is 12.1. The van der Waals surface area contributed by atoms with Crippen LogP contribution < -0.4 is 5.32 Å². The zero-order chi connectivity index (χ0) is 14.0. The maximum atomic E-state index is 12.1. The van der Waals surface area contributed by atoms with Gasteiger partial charge in [0.25, 0.3) is 0 Å². The Morgan fingerprint density at radius 3 is 3.05 bits per heavy atom. The molecule has 5 nitrogen and oxygen atoms in total. The smallest absolute Gasteiger partial charge is 0.230 e. The third-order valence-electron chi connectivity index (χ3n) is 3.06. The van der Waals surface area contributed by atoms with Crippen LogP contribution in [0.2, 0.25) is 5.02 Å². The number of hydrogen-bond acceptors (Lipinski definition) is 4. The predicted octanol–water partition coefficient (Wildman–Crippen LogP) is 2.08. The number of rotatable bonds is 3. The van der Waals surface area contributed by atoms with Crippen LogP contribution in [0.1, 0.15) is 18.9 Å². The number of nitrogens with one attached hydrogen (secondary N) is 1. The van der Waals surface area contributed by atoms with Crippen molar-refractivity contribution in [3.8, 4) is 6.07 Å². The van der Waals surface area contributed by atoms with E-state index in [0.717, 1.165) is 0 Å². The van der Waals surface area contributed by atoms with Gasteiger partial charge in [-0.15, -0.1) is 11.3 Å². The van der Waals surface area contributed by atoms with E-state index in [0.29, 0.717) is 23.1 Å². The lowest BCUT2D eigenvalue weighted by Crippen LogP contribution is -2.28. The summed E-state index contributed by atoms with van der Waals surface area (Å²) in [5, 5.41) is 14.0. The number of thiophene rings is 1. The summed E-state index contributed by atoms with van der Waals surface area (Å²) in [6.07, 6.45) is 0.223. The van der Waals surface area contributed by atoms with E-state index < -0.39 is 0 Å². The highest BCUT2D eigenvalue weighted by atomic mass is 35.5. The minimum absolute atomic E-state index is 0.00707. The SMILES string of the molecule is CCN1C[C@@H](C(=O)Nc2scc(Cl)c2C#N)CC1=O. The third kappa shape index (κ3) is 2.72. The van der Waals surface area contributed by atoms with Crippen LogP contribution in [0.4, 0.5) is 5.00 Å². The molecule has 0 spiro atoms. The normalized spacial score (nSPS) is 18.5. The Balaban J connectivity index is 2.06. The van der Waals surface area contributed by atoms with Crippen molar-refractivity contribution in [1.29, 1.82) is 5.26 Å². The number of halogens is 1. The molecule has 0 aliphatic carbocycles. The van der Waals surface area contributed by atoms with Crippen LogP contribution in [0.3, 0.4) is 0 Å². The Kier molecular flexibility index (Phi) is 4.08. The third-order valence-corrected chi connectivity index (χ3v) is 4.38. The van der Waals surface area contributed by atoms with Crippen molar-refractivity contribution in [3.63, 3.8) is 0 Å². The number of hydrogen-bond donors (Lipinski definition) is 1. The monoisotopic (exact) mass is 297 g/mol. The minimum atomic E-state index is -0.361. The molecule has 2 amide bonds. The molecule has 1 aromatic heterocycles. The molecule has 1 aliphatic heterocycles. The highest BCUT2D eigenvalue weighted by molar-refractivity contribution is 7.15. The molecule has 7 heteroatoms. The summed E-state index contributed by atoms with van der Waals surface area (Å²) in [4.78, 5) is 25.3. The molecular weight excluding hydrogens is 286 g/mol. The molecule has 0 bridgehead atoms. The Bertz CT molecular complexity index is 564. The van der Waals surface area contributed by atoms with E-state index in [2.05, 4.69) is 5.32 Å². The highest BCUT2D eigenvalue weighted by Gasteiger charge is 2.33. The fourth-order valence-corrected chi connectivity index (χ4v) is 3.10. The molecule has 1 N–H and O–H groups in total. The van der Waals surface area contributed by atoms with Gasteiger partial charge in [0.2, 0.25) is 11.8 Å². The van der Waals surface area contributed by atoms with Crippen LogP contribution in [0.25, 0.3) is 0 Å². The molecule has 1 saturated heterocycles. The lowest BCUT2D eigenvalue weighted by atomic mass is 10.1. The first-order valence-corrected chi connectivity index (χ1v) is 7.08. The minimum Gasteiger partial charge on any atom is -0.342 e. The zero-order valence-corrected chi connectivity index (χ0v) is 11.8. The number of anilines is 1. The summed E-state index contributed by atoms with van der Waals surface area (Å²) in [7, 11) is 0. The number of nitrogens with zero attached hydrogens (tertiary/aromatic N) is 2. The second-order valence-electron chi connectivity index (χ2n) is 4.22. The van der Waals surface area contributed by atoms with Gasteiger partial charge in [-0.2, -0.15) is 5.26 Å². The second-order valence-corrected chi connectivity index (χ2v) is 5.51. The zero-order valence-electron chi connectivity index (χ0n) is 10.3. The Morgan fingerprint density at radius 2 is 2.47 bits per heavy atom. The van der Waals surface area contributed by atoms with Crippen LogP contribution >= 0.6 is 22.9 Å². The van der Waals surface area contributed by atoms with Gasteiger partial charge in [0.1, 0.15) is 16.6 Å². The van der Waals surface area contributed by atoms with Crippen molar-refractivity contribution < 1.29 is 9.59 Å². The molecule has 19 heavy (non-hydrogen) atoms. The van der Waals surface area contributed by atoms with Gasteiger partial charge in [-0.1, -0.05) is 11.6 Å². The van der Waals surface area contributed by atoms with Gasteiger partial charge in [0, 0.05) is 24.9 Å². The van der Waals surface area contributed by atoms with Crippen LogP contribution in [-0.2, 0) is 9.59 Å². The number of nitriles is 1. The van der Waals surface area contributed by atoms with Crippen LogP contribution in [0, 0.1) is 17.2 Å². The summed E-state index contributed by atoms with van der Waals surface area (Å²) in [5.41, 5.74) is 0.275. The topological polar surface area (TPSA) is 73.2 Å². The van der Waals surface area contributed by atoms with E-state index in [4.69, 9.17) is 16.9 Å². The van der Waals surface area contributed by atoms with Crippen molar-refractivity contribution in [1.82, 2.24) is 4.90 Å². The molecule has 0 saturated carbocycles. The van der Waals surface area contributed by atoms with E-state index in [9.17, 15) is 9.59 Å². The molecule has 0 unspecified atom stereocenters. The lowest BCUT2D eigenvalue weighted by molar-refractivity contribution is -0.128. The molecule has 1 aliphatic rings. The second kappa shape index (κ2) is 5.59. The van der Waals surface area contributed by atoms with Crippen molar-refractivity contribution >= 4 is 39.8 Å². The quantitative estimate of drug-likeness (QED) is 0.928. The van der Waals surface area contributed by atoms with Gasteiger partial charge in [0.05, 0.1) is 10.9 Å². The van der Waals surface area contributed by atoms with E-state index in [-0.39, 0.29) is 29.7 Å². The van der Waals surface area contributed by atoms with Gasteiger partial charge in [0.15, 0.2) is 0 Å². The number of amides is 2. The van der Waals surface area contributed by atoms with Gasteiger partial charge in [-0.05, 0) is 6.92 Å². The fraction of sp³-hybridized carbons (Fsp3) is 0.417. The van der Waals surface area contributed by atoms with Crippen molar-refractivity contribution in [2.75, 3.05) is 18.4 Å². The van der Waals surface area contributed by atoms with E-state index in [1.807, 2.05) is 13.0 Å². The fourth-order valence-electron chi connectivity index (χ4n) is 2.00. The van der Waals surface area contributed by atoms with Gasteiger partial charge < -0.3 is 10.2 Å². The standard InChI is InChI=1S/C12H12ClN3O2S/c1-2-16-5-7(3-10(16)17)11(18)15-12-8(4-14)9(13)6-19-12/h6-7H,2-3,5H2,1H3,(H,15,18)/t7-/m0/s1. The molecule has 100 valence electrons. The molecule has 0 aromatic carbocycles. The van der Waals surface area contributed by atoms with Crippen LogP contribution in [-0.4, -0.2) is 29.8 Å². The van der Waals surface area contributed by atoms with Crippen LogP contribution in [0.5, 0.6) is 0 Å². The van der Waals surface area contributed by atoms with E-state index >= 15 is 0 Å². The number of carbonyl (C=O) groups is 2. The summed E-state index contributed by atoms with van der Waals surface area (Å²) in [5.74, 6) is -0.605. The van der Waals surface area contributed by atoms with Gasteiger partial charge in [-0.25, -0.2) is 0 Å². The van der Waals surface area contributed by atoms with Gasteiger partial charge in [-0.3, -0.25) is 9.59 Å². The summed E-state index contributed by atoms with van der Waals surface area (Å²) >= 11 is 7.04. The van der Waals surface area contributed by atoms with Crippen molar-refractivity contribution in [3.05, 3.63) is 16.0 Å². The van der Waals surface area contributed by atoms with Crippen LogP contribution in [0.15, 0.2) is 5.38 Å². The van der Waals surface area contributed by atoms with Gasteiger partial charge >= 0.3 is 0 Å². The molecule has 2 heterocycles. The largest absolute Gasteiger partial charge is 0.342 e. The van der Waals surface area contributed by atoms with E-state index in [1.54, 1.807) is 10.3 Å². The number of likely N-dealkylation sites (tertiary alicyclic amines) is 1. The molecule has 2 rings (SSSR count). The highest BCUT2D eigenvalue weighted by Crippen LogP contribution is 2.32. The Morgan fingerprint density at radius 1 is 1.74 bits per heavy atom. The summed E-state index contributed by atoms with van der Waals surface area (Å²) in [6.45, 7) is 2.92. The molecule has 1 atom stereocenters. The predicted molar refractivity (Wildman–Crippen MR) is 73.0 cm³/mol. The van der Waals surface area contributed by atoms with Crippen molar-refractivity contribution in [2.45, 2.75) is 13.3 Å². The summed E-state index contributed by atoms with van der Waals surface area (Å²) in [6, 6.07) is 1.95. The summed E-state index contributed by atoms with van der Waals surface area (Å²) < 4.78 is 0. The average molecular weight is 298 g/mol. The molecule has 1 aromatic rings. The first-order valence-electron chi connectivity index (χ1n) is 5.82. The van der Waals surface area contributed by atoms with Crippen molar-refractivity contribution in [2.24, 2.45) is 5.92 Å². The first kappa shape index (κ1) is 13.8. The average Bonchev–Trinajstić information content (AvgIpc) is 2.93.